The second-order valence-corrected chi connectivity index (χ2v) is 6.20. The van der Waals surface area contributed by atoms with Crippen molar-refractivity contribution in [2.24, 2.45) is 0 Å². The molecule has 0 saturated carbocycles. The molecule has 0 amide bonds. The number of carboxylic acids is 1. The van der Waals surface area contributed by atoms with Crippen LogP contribution >= 0.6 is 0 Å². The molecule has 2 N–H and O–H groups in total. The van der Waals surface area contributed by atoms with Crippen LogP contribution in [0.25, 0.3) is 0 Å². The van der Waals surface area contributed by atoms with Gasteiger partial charge < -0.3 is 10.4 Å². The Labute approximate surface area is 95.7 Å². The number of nitrogens with zero attached hydrogens (tertiary/aromatic N) is 1. The van der Waals surface area contributed by atoms with Crippen molar-refractivity contribution in [1.82, 2.24) is 9.62 Å². The second kappa shape index (κ2) is 5.11. The summed E-state index contributed by atoms with van der Waals surface area (Å²) in [7, 11) is -1.96. The summed E-state index contributed by atoms with van der Waals surface area (Å²) in [6, 6.07) is -0.114. The van der Waals surface area contributed by atoms with Crippen molar-refractivity contribution in [3.8, 4) is 0 Å². The highest BCUT2D eigenvalue weighted by atomic mass is 32.2. The maximum atomic E-state index is 12.0. The molecule has 0 aliphatic carbocycles. The van der Waals surface area contributed by atoms with Crippen molar-refractivity contribution in [1.29, 1.82) is 0 Å². The first-order chi connectivity index (χ1) is 7.41. The van der Waals surface area contributed by atoms with E-state index in [1.807, 2.05) is 0 Å². The predicted octanol–water partition coefficient (Wildman–Crippen LogP) is -0.527. The Balaban J connectivity index is 2.86. The smallest absolute Gasteiger partial charge is 0.323 e. The summed E-state index contributed by atoms with van der Waals surface area (Å²) in [5.74, 6) is -1.30. The minimum Gasteiger partial charge on any atom is -0.480 e. The zero-order valence-electron chi connectivity index (χ0n) is 9.51. The van der Waals surface area contributed by atoms with E-state index in [-0.39, 0.29) is 6.04 Å². The molecule has 2 unspecified atom stereocenters. The Bertz CT molecular complexity index is 355. The molecule has 0 aromatic heterocycles. The zero-order valence-corrected chi connectivity index (χ0v) is 10.3. The van der Waals surface area contributed by atoms with Gasteiger partial charge in [-0.2, -0.15) is 4.31 Å². The van der Waals surface area contributed by atoms with Crippen LogP contribution < -0.4 is 5.32 Å². The Morgan fingerprint density at radius 2 is 2.25 bits per heavy atom. The van der Waals surface area contributed by atoms with Gasteiger partial charge in [0.2, 0.25) is 10.0 Å². The highest BCUT2D eigenvalue weighted by Crippen LogP contribution is 2.23. The maximum Gasteiger partial charge on any atom is 0.323 e. The van der Waals surface area contributed by atoms with E-state index in [9.17, 15) is 13.2 Å². The van der Waals surface area contributed by atoms with E-state index in [0.29, 0.717) is 13.1 Å². The van der Waals surface area contributed by atoms with E-state index < -0.39 is 21.2 Å². The number of nitrogens with one attached hydrogen (secondary N) is 1. The Morgan fingerprint density at radius 3 is 2.75 bits per heavy atom. The minimum absolute atomic E-state index is 0.114. The molecule has 0 aromatic rings. The van der Waals surface area contributed by atoms with Crippen molar-refractivity contribution in [2.45, 2.75) is 31.1 Å². The van der Waals surface area contributed by atoms with Crippen LogP contribution in [0.15, 0.2) is 0 Å². The first kappa shape index (κ1) is 13.4. The van der Waals surface area contributed by atoms with Crippen molar-refractivity contribution in [2.75, 3.05) is 20.1 Å². The highest BCUT2D eigenvalue weighted by Gasteiger charge is 2.39. The van der Waals surface area contributed by atoms with Crippen molar-refractivity contribution < 1.29 is 18.3 Å². The summed E-state index contributed by atoms with van der Waals surface area (Å²) in [4.78, 5) is 10.7. The third-order valence-electron chi connectivity index (χ3n) is 2.88. The summed E-state index contributed by atoms with van der Waals surface area (Å²) in [5, 5.41) is 10.3. The average Bonchev–Trinajstić information content (AvgIpc) is 2.65. The fourth-order valence-corrected chi connectivity index (χ4v) is 3.55. The molecule has 1 fully saturated rings. The van der Waals surface area contributed by atoms with E-state index in [2.05, 4.69) is 5.32 Å². The van der Waals surface area contributed by atoms with Gasteiger partial charge in [-0.15, -0.1) is 0 Å². The van der Waals surface area contributed by atoms with Crippen molar-refractivity contribution in [3.05, 3.63) is 0 Å². The monoisotopic (exact) mass is 250 g/mol. The van der Waals surface area contributed by atoms with Crippen LogP contribution in [0.5, 0.6) is 0 Å². The Hall–Kier alpha value is -0.660. The molecule has 94 valence electrons. The van der Waals surface area contributed by atoms with Crippen LogP contribution in [0.4, 0.5) is 0 Å². The van der Waals surface area contributed by atoms with Gasteiger partial charge in [0.15, 0.2) is 5.25 Å². The van der Waals surface area contributed by atoms with Gasteiger partial charge in [0.05, 0.1) is 0 Å². The Kier molecular flexibility index (Phi) is 4.28. The van der Waals surface area contributed by atoms with Gasteiger partial charge in [-0.3, -0.25) is 4.79 Å². The third kappa shape index (κ3) is 2.53. The molecule has 2 atom stereocenters. The molecule has 1 saturated heterocycles. The van der Waals surface area contributed by atoms with Crippen LogP contribution in [0.2, 0.25) is 0 Å². The number of likely N-dealkylation sites (N-methyl/N-ethyl adjacent to an activating group) is 1. The lowest BCUT2D eigenvalue weighted by Gasteiger charge is -2.25. The van der Waals surface area contributed by atoms with E-state index in [1.54, 1.807) is 7.05 Å². The lowest BCUT2D eigenvalue weighted by molar-refractivity contribution is -0.136. The van der Waals surface area contributed by atoms with E-state index >= 15 is 0 Å². The largest absolute Gasteiger partial charge is 0.480 e. The van der Waals surface area contributed by atoms with Crippen LogP contribution in [0, 0.1) is 0 Å². The lowest BCUT2D eigenvalue weighted by atomic mass is 10.2. The molecule has 1 aliphatic rings. The topological polar surface area (TPSA) is 86.7 Å². The van der Waals surface area contributed by atoms with Gasteiger partial charge in [0.25, 0.3) is 0 Å². The zero-order chi connectivity index (χ0) is 12.3. The normalized spacial score (nSPS) is 24.5. The lowest BCUT2D eigenvalue weighted by Crippen LogP contribution is -2.46. The fraction of sp³-hybridized carbons (Fsp3) is 0.889. The minimum atomic E-state index is -3.72. The number of carboxylic acid groups (broad SMARTS) is 1. The molecule has 1 rings (SSSR count). The van der Waals surface area contributed by atoms with Gasteiger partial charge in [0.1, 0.15) is 0 Å². The number of aliphatic carboxylic acids is 1. The number of rotatable bonds is 5. The molecule has 0 radical (unpaired) electrons. The molecule has 16 heavy (non-hydrogen) atoms. The van der Waals surface area contributed by atoms with Crippen molar-refractivity contribution >= 4 is 16.0 Å². The molecule has 6 nitrogen and oxygen atoms in total. The van der Waals surface area contributed by atoms with Gasteiger partial charge >= 0.3 is 5.97 Å². The van der Waals surface area contributed by atoms with Gasteiger partial charge in [-0.25, -0.2) is 8.42 Å². The summed E-state index contributed by atoms with van der Waals surface area (Å²) < 4.78 is 25.3. The summed E-state index contributed by atoms with van der Waals surface area (Å²) >= 11 is 0. The standard InChI is InChI=1S/C9H18N2O4S/c1-7(9(12)13)16(14,15)11-5-3-4-8(11)6-10-2/h7-8,10H,3-6H2,1-2H3,(H,12,13). The molecule has 0 aromatic carbocycles. The Morgan fingerprint density at radius 1 is 1.62 bits per heavy atom. The van der Waals surface area contributed by atoms with Crippen LogP contribution in [0.1, 0.15) is 19.8 Å². The first-order valence-corrected chi connectivity index (χ1v) is 6.79. The third-order valence-corrected chi connectivity index (χ3v) is 5.11. The molecule has 0 bridgehead atoms. The van der Waals surface area contributed by atoms with E-state index in [1.165, 1.54) is 11.2 Å². The van der Waals surface area contributed by atoms with Crippen LogP contribution in [0.3, 0.4) is 0 Å². The molecule has 1 heterocycles. The van der Waals surface area contributed by atoms with Crippen molar-refractivity contribution in [3.63, 3.8) is 0 Å². The number of hydrogen-bond acceptors (Lipinski definition) is 4. The molecule has 1 aliphatic heterocycles. The van der Waals surface area contributed by atoms with Crippen LogP contribution in [-0.2, 0) is 14.8 Å². The predicted molar refractivity (Wildman–Crippen MR) is 59.7 cm³/mol. The van der Waals surface area contributed by atoms with Gasteiger partial charge in [0, 0.05) is 19.1 Å². The number of hydrogen-bond donors (Lipinski definition) is 2. The summed E-state index contributed by atoms with van der Waals surface area (Å²) in [6.45, 7) is 2.20. The second-order valence-electron chi connectivity index (χ2n) is 3.99. The van der Waals surface area contributed by atoms with Gasteiger partial charge in [-0.1, -0.05) is 0 Å². The number of sulfonamides is 1. The van der Waals surface area contributed by atoms with Crippen LogP contribution in [-0.4, -0.2) is 55.2 Å². The SMILES string of the molecule is CNCC1CCCN1S(=O)(=O)C(C)C(=O)O. The quantitative estimate of drug-likeness (QED) is 0.685. The molecule has 0 spiro atoms. The van der Waals surface area contributed by atoms with Gasteiger partial charge in [-0.05, 0) is 26.8 Å². The fourth-order valence-electron chi connectivity index (χ4n) is 1.91. The van der Waals surface area contributed by atoms with E-state index in [4.69, 9.17) is 5.11 Å². The van der Waals surface area contributed by atoms with E-state index in [0.717, 1.165) is 12.8 Å². The molecule has 7 heteroatoms. The summed E-state index contributed by atoms with van der Waals surface area (Å²) in [6.07, 6.45) is 1.57. The highest BCUT2D eigenvalue weighted by molar-refractivity contribution is 7.90. The maximum absolute atomic E-state index is 12.0. The summed E-state index contributed by atoms with van der Waals surface area (Å²) in [5.41, 5.74) is 0. The average molecular weight is 250 g/mol. The first-order valence-electron chi connectivity index (χ1n) is 5.29. The molecular formula is C9H18N2O4S. The molecular weight excluding hydrogens is 232 g/mol. The number of carbonyl (C=O) groups is 1.